The molecule has 1 spiro atoms. The number of ether oxygens (including phenoxy) is 3. The molecule has 3 unspecified atom stereocenters. The van der Waals surface area contributed by atoms with Crippen molar-refractivity contribution in [3.05, 3.63) is 46.7 Å². The molecule has 2 aliphatic carbocycles. The van der Waals surface area contributed by atoms with E-state index < -0.39 is 0 Å². The second kappa shape index (κ2) is 5.80. The van der Waals surface area contributed by atoms with E-state index >= 15 is 0 Å². The predicted octanol–water partition coefficient (Wildman–Crippen LogP) is 3.45. The van der Waals surface area contributed by atoms with Crippen molar-refractivity contribution < 1.29 is 14.2 Å². The Hall–Kier alpha value is -1.94. The number of hydrogen-bond donors (Lipinski definition) is 0. The van der Waals surface area contributed by atoms with Crippen LogP contribution in [0, 0.1) is 0 Å². The van der Waals surface area contributed by atoms with E-state index in [2.05, 4.69) is 30.2 Å². The third kappa shape index (κ3) is 1.92. The van der Waals surface area contributed by atoms with Gasteiger partial charge in [-0.15, -0.1) is 0 Å². The van der Waals surface area contributed by atoms with Crippen LogP contribution in [0.5, 0.6) is 11.5 Å². The molecule has 0 radical (unpaired) electrons. The molecule has 3 atom stereocenters. The summed E-state index contributed by atoms with van der Waals surface area (Å²) < 4.78 is 17.7. The average molecular weight is 341 g/mol. The number of rotatable bonds is 2. The summed E-state index contributed by atoms with van der Waals surface area (Å²) in [5, 5.41) is 0. The van der Waals surface area contributed by atoms with Gasteiger partial charge in [-0.25, -0.2) is 0 Å². The van der Waals surface area contributed by atoms with E-state index in [1.807, 2.05) is 19.9 Å². The minimum atomic E-state index is -0.0747. The van der Waals surface area contributed by atoms with Gasteiger partial charge in [0, 0.05) is 11.6 Å². The third-order valence-corrected chi connectivity index (χ3v) is 6.16. The molecule has 1 saturated heterocycles. The maximum Gasteiger partial charge on any atom is 0.169 e. The van der Waals surface area contributed by atoms with Crippen molar-refractivity contribution in [2.75, 3.05) is 27.8 Å². The monoisotopic (exact) mass is 341 g/mol. The van der Waals surface area contributed by atoms with Crippen LogP contribution in [0.15, 0.2) is 35.6 Å². The van der Waals surface area contributed by atoms with Crippen LogP contribution >= 0.6 is 0 Å². The van der Waals surface area contributed by atoms with Crippen molar-refractivity contribution in [1.29, 1.82) is 0 Å². The lowest BCUT2D eigenvalue weighted by molar-refractivity contribution is 0.0734. The molecule has 2 bridgehead atoms. The standard InChI is InChI=1S/C19H21NO3.C2H6/c1-20-9-8-19-12-5-7-15(22-3)18(19)23-17-14(21-2)6-4-11(16(17)19)10-13(12)20;1-2/h4-7,13,18H,8-10H2,1-3H3;1-2H3. The van der Waals surface area contributed by atoms with E-state index in [0.717, 1.165) is 36.6 Å². The molecule has 1 fully saturated rings. The molecule has 0 N–H and O–H groups in total. The summed E-state index contributed by atoms with van der Waals surface area (Å²) in [6.45, 7) is 5.08. The maximum absolute atomic E-state index is 6.46. The molecule has 25 heavy (non-hydrogen) atoms. The zero-order chi connectivity index (χ0) is 17.8. The molecule has 2 heterocycles. The van der Waals surface area contributed by atoms with Gasteiger partial charge in [-0.2, -0.15) is 0 Å². The lowest BCUT2D eigenvalue weighted by atomic mass is 9.57. The summed E-state index contributed by atoms with van der Waals surface area (Å²) >= 11 is 0. The lowest BCUT2D eigenvalue weighted by Gasteiger charge is -2.52. The average Bonchev–Trinajstić information content (AvgIpc) is 3.01. The summed E-state index contributed by atoms with van der Waals surface area (Å²) in [5.41, 5.74) is 4.15. The zero-order valence-electron chi connectivity index (χ0n) is 15.8. The van der Waals surface area contributed by atoms with Crippen LogP contribution in [-0.4, -0.2) is 44.9 Å². The van der Waals surface area contributed by atoms with Gasteiger partial charge in [-0.1, -0.05) is 26.0 Å². The summed E-state index contributed by atoms with van der Waals surface area (Å²) in [6.07, 6.45) is 6.41. The first-order valence-corrected chi connectivity index (χ1v) is 9.24. The van der Waals surface area contributed by atoms with Gasteiger partial charge >= 0.3 is 0 Å². The molecule has 5 rings (SSSR count). The number of benzene rings is 1. The van der Waals surface area contributed by atoms with Gasteiger partial charge in [0.15, 0.2) is 17.6 Å². The van der Waals surface area contributed by atoms with E-state index in [1.54, 1.807) is 14.2 Å². The maximum atomic E-state index is 6.46. The Balaban J connectivity index is 0.000000758. The predicted molar refractivity (Wildman–Crippen MR) is 98.4 cm³/mol. The zero-order valence-corrected chi connectivity index (χ0v) is 15.8. The van der Waals surface area contributed by atoms with Crippen LogP contribution < -0.4 is 9.47 Å². The Morgan fingerprint density at radius 3 is 2.68 bits per heavy atom. The number of likely N-dealkylation sites (N-methyl/N-ethyl adjacent to an activating group) is 1. The van der Waals surface area contributed by atoms with Gasteiger partial charge in [-0.05, 0) is 49.7 Å². The number of hydrogen-bond acceptors (Lipinski definition) is 4. The number of likely N-dealkylation sites (tertiary alicyclic amines) is 1. The number of nitrogens with zero attached hydrogens (tertiary/aromatic N) is 1. The SMILES string of the molecule is CC.COC1=CC=C2C3Cc4ccc(OC)c5c4C2(CCN3C)C1O5. The van der Waals surface area contributed by atoms with Gasteiger partial charge < -0.3 is 14.2 Å². The van der Waals surface area contributed by atoms with Crippen molar-refractivity contribution in [1.82, 2.24) is 4.90 Å². The first-order valence-electron chi connectivity index (χ1n) is 9.24. The molecule has 134 valence electrons. The van der Waals surface area contributed by atoms with Gasteiger partial charge in [0.25, 0.3) is 0 Å². The number of methoxy groups -OCH3 is 2. The second-order valence-electron chi connectivity index (χ2n) is 6.95. The summed E-state index contributed by atoms with van der Waals surface area (Å²) in [6, 6.07) is 4.72. The Kier molecular flexibility index (Phi) is 3.84. The van der Waals surface area contributed by atoms with Crippen LogP contribution in [0.2, 0.25) is 0 Å². The normalized spacial score (nSPS) is 30.9. The van der Waals surface area contributed by atoms with Gasteiger partial charge in [0.05, 0.1) is 19.6 Å². The molecule has 0 saturated carbocycles. The van der Waals surface area contributed by atoms with Crippen LogP contribution in [0.1, 0.15) is 31.4 Å². The molecular weight excluding hydrogens is 314 g/mol. The molecule has 2 aliphatic heterocycles. The molecule has 1 aromatic rings. The van der Waals surface area contributed by atoms with E-state index in [-0.39, 0.29) is 11.5 Å². The lowest BCUT2D eigenvalue weighted by Crippen LogP contribution is -2.58. The Morgan fingerprint density at radius 1 is 1.16 bits per heavy atom. The Labute approximate surface area is 150 Å². The smallest absolute Gasteiger partial charge is 0.169 e. The largest absolute Gasteiger partial charge is 0.497 e. The fraction of sp³-hybridized carbons (Fsp3) is 0.524. The molecular formula is C21H27NO3. The Bertz CT molecular complexity index is 767. The molecule has 4 nitrogen and oxygen atoms in total. The van der Waals surface area contributed by atoms with Crippen LogP contribution in [0.3, 0.4) is 0 Å². The second-order valence-corrected chi connectivity index (χ2v) is 6.95. The van der Waals surface area contributed by atoms with Crippen molar-refractivity contribution in [2.24, 2.45) is 0 Å². The fourth-order valence-electron chi connectivity index (χ4n) is 5.10. The quantitative estimate of drug-likeness (QED) is 0.824. The highest BCUT2D eigenvalue weighted by molar-refractivity contribution is 5.67. The van der Waals surface area contributed by atoms with Crippen molar-refractivity contribution in [3.63, 3.8) is 0 Å². The molecule has 0 aromatic heterocycles. The highest BCUT2D eigenvalue weighted by Crippen LogP contribution is 2.62. The molecule has 4 heteroatoms. The number of piperidine rings is 1. The highest BCUT2D eigenvalue weighted by atomic mass is 16.6. The highest BCUT2D eigenvalue weighted by Gasteiger charge is 2.61. The minimum Gasteiger partial charge on any atom is -0.497 e. The Morgan fingerprint density at radius 2 is 1.96 bits per heavy atom. The minimum absolute atomic E-state index is 0.0611. The third-order valence-electron chi connectivity index (χ3n) is 6.16. The molecule has 4 aliphatic rings. The van der Waals surface area contributed by atoms with Crippen LogP contribution in [0.25, 0.3) is 0 Å². The summed E-state index contributed by atoms with van der Waals surface area (Å²) in [4.78, 5) is 2.48. The topological polar surface area (TPSA) is 30.9 Å². The van der Waals surface area contributed by atoms with E-state index in [0.29, 0.717) is 6.04 Å². The van der Waals surface area contributed by atoms with Crippen LogP contribution in [-0.2, 0) is 16.6 Å². The summed E-state index contributed by atoms with van der Waals surface area (Å²) in [7, 11) is 5.68. The molecule has 0 amide bonds. The van der Waals surface area contributed by atoms with E-state index in [9.17, 15) is 0 Å². The van der Waals surface area contributed by atoms with Crippen molar-refractivity contribution >= 4 is 0 Å². The van der Waals surface area contributed by atoms with Gasteiger partial charge in [0.2, 0.25) is 0 Å². The van der Waals surface area contributed by atoms with Gasteiger partial charge in [-0.3, -0.25) is 4.90 Å². The first-order chi connectivity index (χ1) is 12.2. The van der Waals surface area contributed by atoms with Crippen molar-refractivity contribution in [3.8, 4) is 11.5 Å². The molecule has 1 aromatic carbocycles. The van der Waals surface area contributed by atoms with E-state index in [4.69, 9.17) is 14.2 Å². The van der Waals surface area contributed by atoms with Gasteiger partial charge in [0.1, 0.15) is 5.76 Å². The van der Waals surface area contributed by atoms with Crippen LogP contribution in [0.4, 0.5) is 0 Å². The summed E-state index contributed by atoms with van der Waals surface area (Å²) in [5.74, 6) is 2.68. The number of allylic oxidation sites excluding steroid dienone is 2. The van der Waals surface area contributed by atoms with Crippen molar-refractivity contribution in [2.45, 2.75) is 44.2 Å². The fourth-order valence-corrected chi connectivity index (χ4v) is 5.10. The first kappa shape index (κ1) is 16.5. The van der Waals surface area contributed by atoms with E-state index in [1.165, 1.54) is 16.7 Å².